The molecule has 3 rings (SSSR count). The van der Waals surface area contributed by atoms with Crippen LogP contribution in [0.3, 0.4) is 0 Å². The Morgan fingerprint density at radius 1 is 1.22 bits per heavy atom. The number of morpholine rings is 1. The minimum absolute atomic E-state index is 0.0234. The fraction of sp³-hybridized carbons (Fsp3) is 0.364. The first-order valence-electron chi connectivity index (χ1n) is 10.2. The lowest BCUT2D eigenvalue weighted by Crippen LogP contribution is -2.42. The van der Waals surface area contributed by atoms with Crippen LogP contribution in [0.2, 0.25) is 5.02 Å². The van der Waals surface area contributed by atoms with Gasteiger partial charge < -0.3 is 25.0 Å². The number of halogens is 1. The standard InChI is InChI=1S/C22H25ClN4O5/c1-31-16-6-7-18(17(12-16)22(30)26-19-8-5-15(23)13-24-19)25-20(28)4-2-3-9-27-10-11-32-14-21(27)29/h5-8,12-13H,2-4,9-11,14H2,1H3,(H,25,28)(H,24,26,30). The van der Waals surface area contributed by atoms with Crippen LogP contribution in [0.5, 0.6) is 5.75 Å². The molecule has 1 aliphatic rings. The molecule has 170 valence electrons. The van der Waals surface area contributed by atoms with Gasteiger partial charge >= 0.3 is 0 Å². The molecule has 10 heteroatoms. The first kappa shape index (κ1) is 23.5. The SMILES string of the molecule is COc1ccc(NC(=O)CCCCN2CCOCC2=O)c(C(=O)Nc2ccc(Cl)cn2)c1. The van der Waals surface area contributed by atoms with E-state index in [0.717, 1.165) is 0 Å². The van der Waals surface area contributed by atoms with E-state index in [2.05, 4.69) is 15.6 Å². The fourth-order valence-electron chi connectivity index (χ4n) is 3.17. The van der Waals surface area contributed by atoms with E-state index in [1.54, 1.807) is 35.2 Å². The Morgan fingerprint density at radius 2 is 2.06 bits per heavy atom. The van der Waals surface area contributed by atoms with Gasteiger partial charge in [-0.15, -0.1) is 0 Å². The van der Waals surface area contributed by atoms with Gasteiger partial charge in [0.15, 0.2) is 0 Å². The smallest absolute Gasteiger partial charge is 0.259 e. The highest BCUT2D eigenvalue weighted by atomic mass is 35.5. The van der Waals surface area contributed by atoms with Crippen molar-refractivity contribution >= 4 is 40.8 Å². The van der Waals surface area contributed by atoms with E-state index in [9.17, 15) is 14.4 Å². The number of methoxy groups -OCH3 is 1. The number of nitrogens with one attached hydrogen (secondary N) is 2. The zero-order valence-corrected chi connectivity index (χ0v) is 18.5. The van der Waals surface area contributed by atoms with E-state index in [1.165, 1.54) is 13.3 Å². The van der Waals surface area contributed by atoms with Crippen LogP contribution in [0.25, 0.3) is 0 Å². The number of hydrogen-bond acceptors (Lipinski definition) is 6. The number of amides is 3. The Kier molecular flexibility index (Phi) is 8.41. The Balaban J connectivity index is 1.57. The number of aromatic nitrogens is 1. The maximum absolute atomic E-state index is 12.8. The fourth-order valence-corrected chi connectivity index (χ4v) is 3.28. The molecule has 2 aromatic rings. The van der Waals surface area contributed by atoms with Gasteiger partial charge in [0, 0.05) is 25.7 Å². The Labute approximate surface area is 191 Å². The zero-order valence-electron chi connectivity index (χ0n) is 17.7. The molecule has 0 bridgehead atoms. The van der Waals surface area contributed by atoms with Crippen LogP contribution < -0.4 is 15.4 Å². The molecular weight excluding hydrogens is 436 g/mol. The average molecular weight is 461 g/mol. The number of benzene rings is 1. The lowest BCUT2D eigenvalue weighted by atomic mass is 10.1. The molecule has 1 aliphatic heterocycles. The van der Waals surface area contributed by atoms with Gasteiger partial charge in [0.1, 0.15) is 18.2 Å². The van der Waals surface area contributed by atoms with Crippen molar-refractivity contribution in [1.29, 1.82) is 0 Å². The van der Waals surface area contributed by atoms with Crippen LogP contribution in [-0.2, 0) is 14.3 Å². The lowest BCUT2D eigenvalue weighted by Gasteiger charge is -2.26. The summed E-state index contributed by atoms with van der Waals surface area (Å²) in [5, 5.41) is 5.92. The molecule has 2 N–H and O–H groups in total. The topological polar surface area (TPSA) is 110 Å². The molecule has 1 fully saturated rings. The third-order valence-electron chi connectivity index (χ3n) is 4.88. The molecule has 1 saturated heterocycles. The van der Waals surface area contributed by atoms with Crippen molar-refractivity contribution in [3.8, 4) is 5.75 Å². The average Bonchev–Trinajstić information content (AvgIpc) is 2.79. The number of ether oxygens (including phenoxy) is 2. The molecule has 0 aliphatic carbocycles. The van der Waals surface area contributed by atoms with Gasteiger partial charge in [-0.1, -0.05) is 11.6 Å². The van der Waals surface area contributed by atoms with E-state index < -0.39 is 5.91 Å². The number of hydrogen-bond donors (Lipinski definition) is 2. The molecule has 9 nitrogen and oxygen atoms in total. The summed E-state index contributed by atoms with van der Waals surface area (Å²) in [6.07, 6.45) is 3.01. The van der Waals surface area contributed by atoms with Gasteiger partial charge in [-0.05, 0) is 43.2 Å². The number of anilines is 2. The molecule has 2 heterocycles. The summed E-state index contributed by atoms with van der Waals surface area (Å²) in [4.78, 5) is 42.8. The molecule has 0 spiro atoms. The predicted molar refractivity (Wildman–Crippen MR) is 120 cm³/mol. The van der Waals surface area contributed by atoms with Gasteiger partial charge in [-0.2, -0.15) is 0 Å². The van der Waals surface area contributed by atoms with Crippen LogP contribution in [0, 0.1) is 0 Å². The van der Waals surface area contributed by atoms with E-state index >= 15 is 0 Å². The minimum atomic E-state index is -0.445. The van der Waals surface area contributed by atoms with Crippen molar-refractivity contribution in [1.82, 2.24) is 9.88 Å². The highest BCUT2D eigenvalue weighted by Gasteiger charge is 2.18. The van der Waals surface area contributed by atoms with Crippen LogP contribution in [0.15, 0.2) is 36.5 Å². The molecule has 0 atom stereocenters. The molecule has 0 radical (unpaired) electrons. The summed E-state index contributed by atoms with van der Waals surface area (Å²) in [5.74, 6) is 0.122. The third kappa shape index (κ3) is 6.66. The zero-order chi connectivity index (χ0) is 22.9. The normalized spacial score (nSPS) is 13.6. The monoisotopic (exact) mass is 460 g/mol. The number of carbonyl (C=O) groups is 3. The van der Waals surface area contributed by atoms with Crippen molar-refractivity contribution in [3.05, 3.63) is 47.1 Å². The van der Waals surface area contributed by atoms with Gasteiger partial charge in [-0.3, -0.25) is 14.4 Å². The van der Waals surface area contributed by atoms with Gasteiger partial charge in [-0.25, -0.2) is 4.98 Å². The Morgan fingerprint density at radius 3 is 2.78 bits per heavy atom. The van der Waals surface area contributed by atoms with Crippen LogP contribution in [0.4, 0.5) is 11.5 Å². The molecule has 3 amide bonds. The molecule has 1 aromatic carbocycles. The van der Waals surface area contributed by atoms with Crippen molar-refractivity contribution < 1.29 is 23.9 Å². The quantitative estimate of drug-likeness (QED) is 0.557. The highest BCUT2D eigenvalue weighted by molar-refractivity contribution is 6.30. The lowest BCUT2D eigenvalue weighted by molar-refractivity contribution is -0.142. The first-order chi connectivity index (χ1) is 15.5. The number of unbranched alkanes of at least 4 members (excludes halogenated alkanes) is 1. The summed E-state index contributed by atoms with van der Waals surface area (Å²) >= 11 is 5.83. The van der Waals surface area contributed by atoms with Gasteiger partial charge in [0.2, 0.25) is 11.8 Å². The number of carbonyl (C=O) groups excluding carboxylic acids is 3. The Bertz CT molecular complexity index is 967. The highest BCUT2D eigenvalue weighted by Crippen LogP contribution is 2.24. The summed E-state index contributed by atoms with van der Waals surface area (Å²) in [6.45, 7) is 1.84. The Hall–Kier alpha value is -3.17. The summed E-state index contributed by atoms with van der Waals surface area (Å²) in [6, 6.07) is 8.02. The molecule has 0 unspecified atom stereocenters. The molecule has 32 heavy (non-hydrogen) atoms. The number of rotatable bonds is 9. The van der Waals surface area contributed by atoms with Crippen molar-refractivity contribution in [3.63, 3.8) is 0 Å². The molecule has 0 saturated carbocycles. The molecular formula is C22H25ClN4O5. The predicted octanol–water partition coefficient (Wildman–Crippen LogP) is 2.96. The van der Waals surface area contributed by atoms with Crippen LogP contribution in [0.1, 0.15) is 29.6 Å². The van der Waals surface area contributed by atoms with Crippen molar-refractivity contribution in [2.75, 3.05) is 44.0 Å². The summed E-state index contributed by atoms with van der Waals surface area (Å²) < 4.78 is 10.3. The van der Waals surface area contributed by atoms with E-state index in [-0.39, 0.29) is 30.4 Å². The first-order valence-corrected chi connectivity index (χ1v) is 10.6. The van der Waals surface area contributed by atoms with Crippen LogP contribution >= 0.6 is 11.6 Å². The second kappa shape index (κ2) is 11.4. The second-order valence-electron chi connectivity index (χ2n) is 7.17. The van der Waals surface area contributed by atoms with Crippen molar-refractivity contribution in [2.45, 2.75) is 19.3 Å². The maximum Gasteiger partial charge on any atom is 0.259 e. The third-order valence-corrected chi connectivity index (χ3v) is 5.10. The number of pyridine rings is 1. The van der Waals surface area contributed by atoms with Gasteiger partial charge in [0.05, 0.1) is 30.0 Å². The number of nitrogens with zero attached hydrogens (tertiary/aromatic N) is 2. The second-order valence-corrected chi connectivity index (χ2v) is 7.60. The molecule has 1 aromatic heterocycles. The van der Waals surface area contributed by atoms with E-state index in [0.29, 0.717) is 54.8 Å². The van der Waals surface area contributed by atoms with E-state index in [1.807, 2.05) is 0 Å². The minimum Gasteiger partial charge on any atom is -0.497 e. The van der Waals surface area contributed by atoms with Gasteiger partial charge in [0.25, 0.3) is 5.91 Å². The van der Waals surface area contributed by atoms with Crippen LogP contribution in [-0.4, -0.2) is 61.0 Å². The largest absolute Gasteiger partial charge is 0.497 e. The van der Waals surface area contributed by atoms with E-state index in [4.69, 9.17) is 21.1 Å². The summed E-state index contributed by atoms with van der Waals surface area (Å²) in [5.41, 5.74) is 0.610. The summed E-state index contributed by atoms with van der Waals surface area (Å²) in [7, 11) is 1.50. The van der Waals surface area contributed by atoms with Crippen molar-refractivity contribution in [2.24, 2.45) is 0 Å². The maximum atomic E-state index is 12.8.